The lowest BCUT2D eigenvalue weighted by molar-refractivity contribution is 0.396. The molecule has 0 bridgehead atoms. The summed E-state index contributed by atoms with van der Waals surface area (Å²) in [6.45, 7) is 1.66. The number of ether oxygens (including phenoxy) is 2. The molecule has 2 aromatic carbocycles. The summed E-state index contributed by atoms with van der Waals surface area (Å²) in [4.78, 5) is 12.8. The molecule has 6 heteroatoms. The molecule has 0 radical (unpaired) electrons. The van der Waals surface area contributed by atoms with Gasteiger partial charge in [0, 0.05) is 18.2 Å². The molecule has 1 N–H and O–H groups in total. The van der Waals surface area contributed by atoms with Crippen LogP contribution >= 0.6 is 11.6 Å². The second kappa shape index (κ2) is 5.10. The van der Waals surface area contributed by atoms with Crippen molar-refractivity contribution in [3.63, 3.8) is 0 Å². The first kappa shape index (κ1) is 14.5. The van der Waals surface area contributed by atoms with Gasteiger partial charge in [-0.25, -0.2) is 0 Å². The molecule has 0 fully saturated rings. The van der Waals surface area contributed by atoms with Crippen LogP contribution in [0.1, 0.15) is 5.56 Å². The first-order valence-corrected chi connectivity index (χ1v) is 6.86. The molecule has 0 unspecified atom stereocenters. The molecular formula is C16H13ClO5. The van der Waals surface area contributed by atoms with Gasteiger partial charge in [-0.05, 0) is 12.5 Å². The molecule has 1 aromatic heterocycles. The monoisotopic (exact) mass is 320 g/mol. The van der Waals surface area contributed by atoms with Gasteiger partial charge in [0.2, 0.25) is 5.43 Å². The first-order valence-electron chi connectivity index (χ1n) is 6.48. The fraction of sp³-hybridized carbons (Fsp3) is 0.188. The second-order valence-corrected chi connectivity index (χ2v) is 5.22. The quantitative estimate of drug-likeness (QED) is 0.730. The van der Waals surface area contributed by atoms with Gasteiger partial charge in [0.15, 0.2) is 0 Å². The van der Waals surface area contributed by atoms with Gasteiger partial charge in [0.25, 0.3) is 0 Å². The van der Waals surface area contributed by atoms with Crippen LogP contribution in [0.2, 0.25) is 5.02 Å². The van der Waals surface area contributed by atoms with Crippen molar-refractivity contribution in [2.45, 2.75) is 6.92 Å². The minimum Gasteiger partial charge on any atom is -0.506 e. The van der Waals surface area contributed by atoms with Crippen molar-refractivity contribution in [3.05, 3.63) is 39.0 Å². The zero-order chi connectivity index (χ0) is 16.0. The van der Waals surface area contributed by atoms with E-state index in [1.54, 1.807) is 19.1 Å². The number of benzene rings is 2. The number of hydrogen-bond donors (Lipinski definition) is 1. The normalized spacial score (nSPS) is 11.1. The first-order chi connectivity index (χ1) is 10.5. The third-order valence-electron chi connectivity index (χ3n) is 3.61. The molecule has 3 rings (SSSR count). The van der Waals surface area contributed by atoms with E-state index in [-0.39, 0.29) is 21.8 Å². The fourth-order valence-corrected chi connectivity index (χ4v) is 2.65. The molecule has 0 spiro atoms. The van der Waals surface area contributed by atoms with E-state index in [1.807, 2.05) is 0 Å². The Morgan fingerprint density at radius 1 is 1.09 bits per heavy atom. The van der Waals surface area contributed by atoms with E-state index in [0.29, 0.717) is 33.4 Å². The molecule has 5 nitrogen and oxygen atoms in total. The van der Waals surface area contributed by atoms with Gasteiger partial charge >= 0.3 is 0 Å². The summed E-state index contributed by atoms with van der Waals surface area (Å²) < 4.78 is 16.2. The molecule has 22 heavy (non-hydrogen) atoms. The highest BCUT2D eigenvalue weighted by atomic mass is 35.5. The Morgan fingerprint density at radius 3 is 2.41 bits per heavy atom. The zero-order valence-electron chi connectivity index (χ0n) is 12.2. The molecule has 0 amide bonds. The molecule has 0 atom stereocenters. The minimum atomic E-state index is -0.268. The van der Waals surface area contributed by atoms with E-state index < -0.39 is 0 Å². The number of aromatic hydroxyl groups is 1. The summed E-state index contributed by atoms with van der Waals surface area (Å²) in [6.07, 6.45) is 0. The van der Waals surface area contributed by atoms with Crippen LogP contribution in [-0.2, 0) is 0 Å². The zero-order valence-corrected chi connectivity index (χ0v) is 12.9. The van der Waals surface area contributed by atoms with Crippen LogP contribution in [-0.4, -0.2) is 19.3 Å². The van der Waals surface area contributed by atoms with Crippen LogP contribution in [0.4, 0.5) is 0 Å². The Bertz CT molecular complexity index is 959. The lowest BCUT2D eigenvalue weighted by atomic mass is 10.1. The van der Waals surface area contributed by atoms with Gasteiger partial charge in [-0.15, -0.1) is 0 Å². The highest BCUT2D eigenvalue weighted by molar-refractivity contribution is 6.33. The maximum Gasteiger partial charge on any atom is 0.204 e. The topological polar surface area (TPSA) is 68.9 Å². The number of halogens is 1. The molecular weight excluding hydrogens is 308 g/mol. The van der Waals surface area contributed by atoms with Crippen molar-refractivity contribution in [2.75, 3.05) is 14.2 Å². The van der Waals surface area contributed by atoms with Crippen LogP contribution in [0, 0.1) is 6.92 Å². The highest BCUT2D eigenvalue weighted by Crippen LogP contribution is 2.36. The van der Waals surface area contributed by atoms with Gasteiger partial charge in [0.1, 0.15) is 33.8 Å². The van der Waals surface area contributed by atoms with Gasteiger partial charge in [-0.1, -0.05) is 11.6 Å². The number of methoxy groups -OCH3 is 2. The maximum absolute atomic E-state index is 12.8. The molecule has 0 saturated heterocycles. The molecule has 0 aliphatic heterocycles. The van der Waals surface area contributed by atoms with Crippen molar-refractivity contribution >= 4 is 33.5 Å². The Balaban J connectivity index is 2.58. The van der Waals surface area contributed by atoms with Gasteiger partial charge in [0.05, 0.1) is 24.6 Å². The van der Waals surface area contributed by atoms with Gasteiger partial charge < -0.3 is 19.0 Å². The van der Waals surface area contributed by atoms with Gasteiger partial charge in [-0.2, -0.15) is 0 Å². The summed E-state index contributed by atoms with van der Waals surface area (Å²) in [6, 6.07) is 4.54. The summed E-state index contributed by atoms with van der Waals surface area (Å²) in [5.74, 6) is 0.722. The van der Waals surface area contributed by atoms with Crippen LogP contribution in [0.3, 0.4) is 0 Å². The van der Waals surface area contributed by atoms with E-state index in [9.17, 15) is 9.90 Å². The number of fused-ring (bicyclic) bond motifs is 2. The number of phenols is 1. The molecule has 0 aliphatic carbocycles. The van der Waals surface area contributed by atoms with E-state index >= 15 is 0 Å². The highest BCUT2D eigenvalue weighted by Gasteiger charge is 2.18. The third kappa shape index (κ3) is 1.97. The molecule has 3 aromatic rings. The Morgan fingerprint density at radius 2 is 1.77 bits per heavy atom. The van der Waals surface area contributed by atoms with E-state index in [4.69, 9.17) is 25.5 Å². The number of rotatable bonds is 2. The smallest absolute Gasteiger partial charge is 0.204 e. The largest absolute Gasteiger partial charge is 0.506 e. The van der Waals surface area contributed by atoms with Crippen molar-refractivity contribution in [1.29, 1.82) is 0 Å². The molecule has 114 valence electrons. The summed E-state index contributed by atoms with van der Waals surface area (Å²) >= 11 is 6.02. The lowest BCUT2D eigenvalue weighted by Crippen LogP contribution is -2.06. The van der Waals surface area contributed by atoms with Gasteiger partial charge in [-0.3, -0.25) is 4.79 Å². The van der Waals surface area contributed by atoms with Crippen molar-refractivity contribution < 1.29 is 19.0 Å². The average Bonchev–Trinajstić information content (AvgIpc) is 2.51. The van der Waals surface area contributed by atoms with Crippen LogP contribution in [0.15, 0.2) is 27.4 Å². The minimum absolute atomic E-state index is 0.131. The Hall–Kier alpha value is -2.40. The number of phenolic OH excluding ortho intramolecular Hbond substituents is 1. The predicted molar refractivity (Wildman–Crippen MR) is 84.5 cm³/mol. The molecule has 0 aliphatic rings. The maximum atomic E-state index is 12.8. The fourth-order valence-electron chi connectivity index (χ4n) is 2.50. The standard InChI is InChI=1S/C16H13ClO5/c1-7-13-12(6-9(18)15(7)17)22-11-5-8(20-2)4-10(21-3)14(11)16(13)19/h4-6,18H,1-3H3. The third-order valence-corrected chi connectivity index (χ3v) is 4.09. The van der Waals surface area contributed by atoms with Crippen LogP contribution in [0.25, 0.3) is 21.9 Å². The van der Waals surface area contributed by atoms with Crippen LogP contribution in [0.5, 0.6) is 17.2 Å². The van der Waals surface area contributed by atoms with Crippen molar-refractivity contribution in [2.24, 2.45) is 0 Å². The summed E-state index contributed by atoms with van der Waals surface area (Å²) in [7, 11) is 2.98. The predicted octanol–water partition coefficient (Wildman–Crippen LogP) is 3.63. The van der Waals surface area contributed by atoms with E-state index in [1.165, 1.54) is 20.3 Å². The summed E-state index contributed by atoms with van der Waals surface area (Å²) in [5, 5.41) is 10.6. The lowest BCUT2D eigenvalue weighted by Gasteiger charge is -2.11. The number of aryl methyl sites for hydroxylation is 1. The Labute approximate surface area is 130 Å². The molecule has 0 saturated carbocycles. The SMILES string of the molecule is COc1cc(OC)c2c(=O)c3c(C)c(Cl)c(O)cc3oc2c1. The van der Waals surface area contributed by atoms with Crippen molar-refractivity contribution in [1.82, 2.24) is 0 Å². The van der Waals surface area contributed by atoms with Crippen molar-refractivity contribution in [3.8, 4) is 17.2 Å². The Kier molecular flexibility index (Phi) is 3.37. The summed E-state index contributed by atoms with van der Waals surface area (Å²) in [5.41, 5.74) is 0.766. The van der Waals surface area contributed by atoms with E-state index in [0.717, 1.165) is 0 Å². The molecule has 1 heterocycles. The van der Waals surface area contributed by atoms with E-state index in [2.05, 4.69) is 0 Å². The average molecular weight is 321 g/mol. The van der Waals surface area contributed by atoms with Crippen LogP contribution < -0.4 is 14.9 Å². The second-order valence-electron chi connectivity index (χ2n) is 4.84. The number of hydrogen-bond acceptors (Lipinski definition) is 5.